The van der Waals surface area contributed by atoms with E-state index in [0.29, 0.717) is 17.1 Å². The van der Waals surface area contributed by atoms with Crippen molar-refractivity contribution in [2.45, 2.75) is 13.5 Å². The topological polar surface area (TPSA) is 35.8 Å². The van der Waals surface area contributed by atoms with Gasteiger partial charge in [-0.25, -0.2) is 0 Å². The van der Waals surface area contributed by atoms with Crippen LogP contribution in [-0.2, 0) is 6.54 Å². The number of benzene rings is 2. The Balaban J connectivity index is 2.19. The number of halogens is 1. The zero-order valence-corrected chi connectivity index (χ0v) is 10.8. The van der Waals surface area contributed by atoms with E-state index >= 15 is 0 Å². The third-order valence-electron chi connectivity index (χ3n) is 2.86. The number of hydrogen-bond donors (Lipinski definition) is 1. The monoisotopic (exact) mass is 256 g/mol. The molecule has 2 aromatic carbocycles. The average molecular weight is 257 g/mol. The maximum Gasteiger partial charge on any atom is 0.103 e. The van der Waals surface area contributed by atoms with Gasteiger partial charge in [0.1, 0.15) is 6.07 Å². The molecular formula is C15H13ClN2. The van der Waals surface area contributed by atoms with Crippen LogP contribution in [0.4, 0.5) is 5.69 Å². The highest BCUT2D eigenvalue weighted by Gasteiger charge is 2.06. The maximum absolute atomic E-state index is 9.08. The highest BCUT2D eigenvalue weighted by atomic mass is 35.5. The SMILES string of the molecule is Cc1ccccc1CNc1cccc(Cl)c1C#N. The highest BCUT2D eigenvalue weighted by Crippen LogP contribution is 2.24. The molecule has 1 N–H and O–H groups in total. The second-order valence-electron chi connectivity index (χ2n) is 4.05. The van der Waals surface area contributed by atoms with Crippen molar-refractivity contribution in [1.82, 2.24) is 0 Å². The molecule has 0 radical (unpaired) electrons. The van der Waals surface area contributed by atoms with Crippen LogP contribution in [0.5, 0.6) is 0 Å². The first-order valence-electron chi connectivity index (χ1n) is 5.69. The molecule has 0 unspecified atom stereocenters. The summed E-state index contributed by atoms with van der Waals surface area (Å²) >= 11 is 5.98. The summed E-state index contributed by atoms with van der Waals surface area (Å²) < 4.78 is 0. The van der Waals surface area contributed by atoms with Crippen molar-refractivity contribution in [2.75, 3.05) is 5.32 Å². The van der Waals surface area contributed by atoms with Gasteiger partial charge in [0.25, 0.3) is 0 Å². The molecule has 0 aliphatic rings. The van der Waals surface area contributed by atoms with Crippen LogP contribution in [0.3, 0.4) is 0 Å². The summed E-state index contributed by atoms with van der Waals surface area (Å²) in [6.07, 6.45) is 0. The number of nitrogens with zero attached hydrogens (tertiary/aromatic N) is 1. The van der Waals surface area contributed by atoms with Gasteiger partial charge in [0.15, 0.2) is 0 Å². The van der Waals surface area contributed by atoms with Gasteiger partial charge < -0.3 is 5.32 Å². The molecule has 0 aromatic heterocycles. The first kappa shape index (κ1) is 12.5. The first-order valence-corrected chi connectivity index (χ1v) is 6.07. The van der Waals surface area contributed by atoms with Crippen LogP contribution >= 0.6 is 11.6 Å². The van der Waals surface area contributed by atoms with E-state index in [9.17, 15) is 0 Å². The lowest BCUT2D eigenvalue weighted by Gasteiger charge is -2.10. The maximum atomic E-state index is 9.08. The molecule has 0 fully saturated rings. The van der Waals surface area contributed by atoms with E-state index in [4.69, 9.17) is 16.9 Å². The molecule has 0 saturated carbocycles. The molecule has 0 aliphatic heterocycles. The minimum absolute atomic E-state index is 0.479. The Morgan fingerprint density at radius 2 is 1.94 bits per heavy atom. The largest absolute Gasteiger partial charge is 0.380 e. The van der Waals surface area contributed by atoms with Gasteiger partial charge in [-0.05, 0) is 30.2 Å². The zero-order chi connectivity index (χ0) is 13.0. The van der Waals surface area contributed by atoms with Crippen LogP contribution < -0.4 is 5.32 Å². The van der Waals surface area contributed by atoms with Gasteiger partial charge in [-0.1, -0.05) is 41.9 Å². The van der Waals surface area contributed by atoms with Gasteiger partial charge in [-0.2, -0.15) is 5.26 Å². The van der Waals surface area contributed by atoms with E-state index in [1.54, 1.807) is 6.07 Å². The normalized spacial score (nSPS) is 9.83. The Kier molecular flexibility index (Phi) is 3.86. The predicted molar refractivity (Wildman–Crippen MR) is 74.7 cm³/mol. The number of aryl methyl sites for hydroxylation is 1. The summed E-state index contributed by atoms with van der Waals surface area (Å²) in [5.74, 6) is 0. The molecule has 0 atom stereocenters. The van der Waals surface area contributed by atoms with E-state index in [2.05, 4.69) is 30.4 Å². The van der Waals surface area contributed by atoms with Gasteiger partial charge in [-0.3, -0.25) is 0 Å². The van der Waals surface area contributed by atoms with E-state index in [1.165, 1.54) is 11.1 Å². The third kappa shape index (κ3) is 2.64. The van der Waals surface area contributed by atoms with Crippen molar-refractivity contribution in [2.24, 2.45) is 0 Å². The Labute approximate surface area is 112 Å². The van der Waals surface area contributed by atoms with Crippen LogP contribution in [0.25, 0.3) is 0 Å². The number of nitriles is 1. The Morgan fingerprint density at radius 3 is 2.67 bits per heavy atom. The number of rotatable bonds is 3. The van der Waals surface area contributed by atoms with Crippen molar-refractivity contribution < 1.29 is 0 Å². The van der Waals surface area contributed by atoms with Crippen molar-refractivity contribution in [3.05, 3.63) is 64.2 Å². The van der Waals surface area contributed by atoms with Crippen molar-refractivity contribution in [3.8, 4) is 6.07 Å². The number of hydrogen-bond acceptors (Lipinski definition) is 2. The van der Waals surface area contributed by atoms with Crippen LogP contribution in [0.1, 0.15) is 16.7 Å². The molecule has 2 rings (SSSR count). The minimum atomic E-state index is 0.479. The molecule has 2 nitrogen and oxygen atoms in total. The summed E-state index contributed by atoms with van der Waals surface area (Å²) in [5.41, 5.74) is 3.70. The summed E-state index contributed by atoms with van der Waals surface area (Å²) in [6, 6.07) is 15.7. The standard InChI is InChI=1S/C15H13ClN2/c1-11-5-2-3-6-12(11)10-18-15-8-4-7-14(16)13(15)9-17/h2-8,18H,10H2,1H3. The van der Waals surface area contributed by atoms with Crippen molar-refractivity contribution in [3.63, 3.8) is 0 Å². The molecule has 0 heterocycles. The smallest absolute Gasteiger partial charge is 0.103 e. The van der Waals surface area contributed by atoms with Crippen LogP contribution in [0, 0.1) is 18.3 Å². The molecular weight excluding hydrogens is 244 g/mol. The van der Waals surface area contributed by atoms with Crippen LogP contribution in [-0.4, -0.2) is 0 Å². The Bertz CT molecular complexity index is 600. The number of anilines is 1. The first-order chi connectivity index (χ1) is 8.72. The Morgan fingerprint density at radius 1 is 1.17 bits per heavy atom. The van der Waals surface area contributed by atoms with E-state index < -0.39 is 0 Å². The van der Waals surface area contributed by atoms with Gasteiger partial charge in [-0.15, -0.1) is 0 Å². The molecule has 0 amide bonds. The van der Waals surface area contributed by atoms with Gasteiger partial charge in [0, 0.05) is 6.54 Å². The van der Waals surface area contributed by atoms with E-state index in [-0.39, 0.29) is 0 Å². The molecule has 2 aromatic rings. The predicted octanol–water partition coefficient (Wildman–Crippen LogP) is 4.13. The summed E-state index contributed by atoms with van der Waals surface area (Å²) in [5, 5.41) is 12.8. The van der Waals surface area contributed by atoms with Gasteiger partial charge in [0.2, 0.25) is 0 Å². The second kappa shape index (κ2) is 5.57. The van der Waals surface area contributed by atoms with Crippen LogP contribution in [0.15, 0.2) is 42.5 Å². The molecule has 18 heavy (non-hydrogen) atoms. The van der Waals surface area contributed by atoms with E-state index in [0.717, 1.165) is 5.69 Å². The molecule has 90 valence electrons. The molecule has 3 heteroatoms. The molecule has 0 saturated heterocycles. The molecule has 0 spiro atoms. The Hall–Kier alpha value is -1.98. The second-order valence-corrected chi connectivity index (χ2v) is 4.46. The summed E-state index contributed by atoms with van der Waals surface area (Å²) in [7, 11) is 0. The van der Waals surface area contributed by atoms with Gasteiger partial charge in [0.05, 0.1) is 16.3 Å². The summed E-state index contributed by atoms with van der Waals surface area (Å²) in [6.45, 7) is 2.75. The lowest BCUT2D eigenvalue weighted by molar-refractivity contribution is 1.12. The molecule has 0 aliphatic carbocycles. The lowest BCUT2D eigenvalue weighted by atomic mass is 10.1. The third-order valence-corrected chi connectivity index (χ3v) is 3.17. The average Bonchev–Trinajstić information content (AvgIpc) is 2.38. The highest BCUT2D eigenvalue weighted by molar-refractivity contribution is 6.32. The quantitative estimate of drug-likeness (QED) is 0.896. The molecule has 0 bridgehead atoms. The van der Waals surface area contributed by atoms with Crippen molar-refractivity contribution in [1.29, 1.82) is 5.26 Å². The fourth-order valence-electron chi connectivity index (χ4n) is 1.78. The van der Waals surface area contributed by atoms with Gasteiger partial charge >= 0.3 is 0 Å². The summed E-state index contributed by atoms with van der Waals surface area (Å²) in [4.78, 5) is 0. The van der Waals surface area contributed by atoms with Crippen LogP contribution in [0.2, 0.25) is 5.02 Å². The lowest BCUT2D eigenvalue weighted by Crippen LogP contribution is -2.02. The van der Waals surface area contributed by atoms with Crippen molar-refractivity contribution >= 4 is 17.3 Å². The van der Waals surface area contributed by atoms with E-state index in [1.807, 2.05) is 24.3 Å². The minimum Gasteiger partial charge on any atom is -0.380 e. The number of nitrogens with one attached hydrogen (secondary N) is 1. The zero-order valence-electron chi connectivity index (χ0n) is 10.1. The fourth-order valence-corrected chi connectivity index (χ4v) is 2.00. The fraction of sp³-hybridized carbons (Fsp3) is 0.133.